The minimum absolute atomic E-state index is 0.822. The molecule has 130 valence electrons. The standard InChI is InChI=1S/C20H30N4/c1-15-7-5-6-8-20(15)24-17(3)19(16(2)22-24)14-23(4)13-18-9-11-21-12-10-18/h5-8,18,21H,9-14H2,1-4H3. The summed E-state index contributed by atoms with van der Waals surface area (Å²) in [7, 11) is 2.24. The zero-order chi connectivity index (χ0) is 17.1. The van der Waals surface area contributed by atoms with Crippen LogP contribution in [-0.4, -0.2) is 41.4 Å². The molecule has 1 N–H and O–H groups in total. The number of nitrogens with one attached hydrogen (secondary N) is 1. The first-order chi connectivity index (χ1) is 11.6. The molecule has 0 amide bonds. The van der Waals surface area contributed by atoms with Crippen LogP contribution in [0.15, 0.2) is 24.3 Å². The van der Waals surface area contributed by atoms with Gasteiger partial charge in [-0.1, -0.05) is 18.2 Å². The highest BCUT2D eigenvalue weighted by atomic mass is 15.3. The Labute approximate surface area is 145 Å². The summed E-state index contributed by atoms with van der Waals surface area (Å²) in [4.78, 5) is 2.47. The topological polar surface area (TPSA) is 33.1 Å². The fourth-order valence-corrected chi connectivity index (χ4v) is 3.78. The summed E-state index contributed by atoms with van der Waals surface area (Å²) in [6, 6.07) is 8.46. The van der Waals surface area contributed by atoms with E-state index in [2.05, 4.69) is 67.0 Å². The fraction of sp³-hybridized carbons (Fsp3) is 0.550. The summed E-state index contributed by atoms with van der Waals surface area (Å²) < 4.78 is 2.11. The van der Waals surface area contributed by atoms with Crippen molar-refractivity contribution >= 4 is 0 Å². The summed E-state index contributed by atoms with van der Waals surface area (Å²) in [5.74, 6) is 0.822. The van der Waals surface area contributed by atoms with Gasteiger partial charge in [-0.3, -0.25) is 0 Å². The monoisotopic (exact) mass is 326 g/mol. The Morgan fingerprint density at radius 1 is 1.17 bits per heavy atom. The van der Waals surface area contributed by atoms with E-state index < -0.39 is 0 Å². The van der Waals surface area contributed by atoms with Gasteiger partial charge in [0.05, 0.1) is 11.4 Å². The Balaban J connectivity index is 1.75. The predicted octanol–water partition coefficient (Wildman–Crippen LogP) is 3.23. The third kappa shape index (κ3) is 3.70. The van der Waals surface area contributed by atoms with Crippen LogP contribution in [0.3, 0.4) is 0 Å². The lowest BCUT2D eigenvalue weighted by atomic mass is 9.97. The number of benzene rings is 1. The molecule has 0 bridgehead atoms. The fourth-order valence-electron chi connectivity index (χ4n) is 3.78. The summed E-state index contributed by atoms with van der Waals surface area (Å²) in [5, 5.41) is 8.27. The van der Waals surface area contributed by atoms with E-state index in [1.54, 1.807) is 0 Å². The van der Waals surface area contributed by atoms with Crippen LogP contribution in [0.25, 0.3) is 5.69 Å². The zero-order valence-electron chi connectivity index (χ0n) is 15.5. The minimum Gasteiger partial charge on any atom is -0.317 e. The molecule has 0 saturated carbocycles. The number of para-hydroxylation sites is 1. The van der Waals surface area contributed by atoms with Gasteiger partial charge in [-0.05, 0) is 71.3 Å². The van der Waals surface area contributed by atoms with Crippen LogP contribution in [0.1, 0.15) is 35.4 Å². The molecule has 1 aromatic carbocycles. The van der Waals surface area contributed by atoms with Gasteiger partial charge < -0.3 is 10.2 Å². The van der Waals surface area contributed by atoms with E-state index in [-0.39, 0.29) is 0 Å². The number of nitrogens with zero attached hydrogens (tertiary/aromatic N) is 3. The van der Waals surface area contributed by atoms with Gasteiger partial charge in [0, 0.05) is 24.3 Å². The molecule has 4 nitrogen and oxygen atoms in total. The maximum Gasteiger partial charge on any atom is 0.0678 e. The average molecular weight is 326 g/mol. The molecule has 2 aromatic rings. The molecular formula is C20H30N4. The Hall–Kier alpha value is -1.65. The van der Waals surface area contributed by atoms with Gasteiger partial charge in [-0.15, -0.1) is 0 Å². The van der Waals surface area contributed by atoms with Crippen LogP contribution in [-0.2, 0) is 6.54 Å². The van der Waals surface area contributed by atoms with Gasteiger partial charge in [0.25, 0.3) is 0 Å². The lowest BCUT2D eigenvalue weighted by molar-refractivity contribution is 0.234. The van der Waals surface area contributed by atoms with E-state index in [0.29, 0.717) is 0 Å². The van der Waals surface area contributed by atoms with Crippen LogP contribution >= 0.6 is 0 Å². The van der Waals surface area contributed by atoms with Crippen molar-refractivity contribution in [3.8, 4) is 5.69 Å². The van der Waals surface area contributed by atoms with Crippen LogP contribution < -0.4 is 5.32 Å². The van der Waals surface area contributed by atoms with E-state index >= 15 is 0 Å². The maximum atomic E-state index is 4.82. The quantitative estimate of drug-likeness (QED) is 0.916. The molecule has 4 heteroatoms. The SMILES string of the molecule is Cc1ccccc1-n1nc(C)c(CN(C)CC2CCNCC2)c1C. The van der Waals surface area contributed by atoms with Crippen LogP contribution in [0.2, 0.25) is 0 Å². The first-order valence-electron chi connectivity index (χ1n) is 9.06. The van der Waals surface area contributed by atoms with Crippen molar-refractivity contribution in [1.82, 2.24) is 20.0 Å². The molecule has 24 heavy (non-hydrogen) atoms. The molecule has 2 heterocycles. The van der Waals surface area contributed by atoms with Gasteiger partial charge >= 0.3 is 0 Å². The lowest BCUT2D eigenvalue weighted by Gasteiger charge is -2.27. The van der Waals surface area contributed by atoms with Crippen molar-refractivity contribution in [2.75, 3.05) is 26.7 Å². The second-order valence-corrected chi connectivity index (χ2v) is 7.24. The zero-order valence-corrected chi connectivity index (χ0v) is 15.5. The van der Waals surface area contributed by atoms with Crippen molar-refractivity contribution in [3.63, 3.8) is 0 Å². The molecular weight excluding hydrogens is 296 g/mol. The third-order valence-electron chi connectivity index (χ3n) is 5.24. The minimum atomic E-state index is 0.822. The molecule has 1 saturated heterocycles. The van der Waals surface area contributed by atoms with Crippen LogP contribution in [0, 0.1) is 26.7 Å². The van der Waals surface area contributed by atoms with Crippen LogP contribution in [0.5, 0.6) is 0 Å². The average Bonchev–Trinajstić information content (AvgIpc) is 2.84. The highest BCUT2D eigenvalue weighted by Gasteiger charge is 2.18. The number of aromatic nitrogens is 2. The van der Waals surface area contributed by atoms with Crippen molar-refractivity contribution < 1.29 is 0 Å². The summed E-state index contributed by atoms with van der Waals surface area (Å²) in [6.07, 6.45) is 2.59. The molecule has 1 aliphatic rings. The van der Waals surface area contributed by atoms with Gasteiger partial charge in [-0.25, -0.2) is 4.68 Å². The number of hydrogen-bond donors (Lipinski definition) is 1. The van der Waals surface area contributed by atoms with E-state index in [1.165, 1.54) is 55.0 Å². The molecule has 0 radical (unpaired) electrons. The largest absolute Gasteiger partial charge is 0.317 e. The molecule has 0 unspecified atom stereocenters. The van der Waals surface area contributed by atoms with Gasteiger partial charge in [0.1, 0.15) is 0 Å². The second-order valence-electron chi connectivity index (χ2n) is 7.24. The van der Waals surface area contributed by atoms with E-state index in [1.807, 2.05) is 0 Å². The molecule has 0 spiro atoms. The first-order valence-corrected chi connectivity index (χ1v) is 9.06. The maximum absolute atomic E-state index is 4.82. The molecule has 1 aliphatic heterocycles. The van der Waals surface area contributed by atoms with Crippen molar-refractivity contribution in [1.29, 1.82) is 0 Å². The predicted molar refractivity (Wildman–Crippen MR) is 99.7 cm³/mol. The number of rotatable bonds is 5. The molecule has 3 rings (SSSR count). The lowest BCUT2D eigenvalue weighted by Crippen LogP contribution is -2.34. The van der Waals surface area contributed by atoms with Crippen molar-refractivity contribution in [3.05, 3.63) is 46.8 Å². The van der Waals surface area contributed by atoms with Gasteiger partial charge in [0.15, 0.2) is 0 Å². The highest BCUT2D eigenvalue weighted by Crippen LogP contribution is 2.22. The number of hydrogen-bond acceptors (Lipinski definition) is 3. The second kappa shape index (κ2) is 7.49. The van der Waals surface area contributed by atoms with Crippen molar-refractivity contribution in [2.45, 2.75) is 40.2 Å². The Morgan fingerprint density at radius 2 is 1.88 bits per heavy atom. The third-order valence-corrected chi connectivity index (χ3v) is 5.24. The molecule has 0 aliphatic carbocycles. The van der Waals surface area contributed by atoms with Gasteiger partial charge in [-0.2, -0.15) is 5.10 Å². The summed E-state index contributed by atoms with van der Waals surface area (Å²) in [6.45, 7) is 11.0. The summed E-state index contributed by atoms with van der Waals surface area (Å²) in [5.41, 5.74) is 6.23. The first kappa shape index (κ1) is 17.2. The summed E-state index contributed by atoms with van der Waals surface area (Å²) >= 11 is 0. The smallest absolute Gasteiger partial charge is 0.0678 e. The van der Waals surface area contributed by atoms with E-state index in [4.69, 9.17) is 5.10 Å². The Morgan fingerprint density at radius 3 is 2.58 bits per heavy atom. The molecule has 1 aromatic heterocycles. The van der Waals surface area contributed by atoms with E-state index in [9.17, 15) is 0 Å². The number of aryl methyl sites for hydroxylation is 2. The normalized spacial score (nSPS) is 16.0. The Bertz CT molecular complexity index is 683. The highest BCUT2D eigenvalue weighted by molar-refractivity contribution is 5.42. The van der Waals surface area contributed by atoms with Crippen LogP contribution in [0.4, 0.5) is 0 Å². The molecule has 1 fully saturated rings. The Kier molecular flexibility index (Phi) is 5.36. The molecule has 0 atom stereocenters. The number of piperidine rings is 1. The van der Waals surface area contributed by atoms with Crippen molar-refractivity contribution in [2.24, 2.45) is 5.92 Å². The van der Waals surface area contributed by atoms with Gasteiger partial charge in [0.2, 0.25) is 0 Å². The van der Waals surface area contributed by atoms with E-state index in [0.717, 1.165) is 18.2 Å².